The van der Waals surface area contributed by atoms with Gasteiger partial charge in [0.2, 0.25) is 0 Å². The Morgan fingerprint density at radius 2 is 1.97 bits per heavy atom. The van der Waals surface area contributed by atoms with Gasteiger partial charge in [-0.25, -0.2) is 15.0 Å². The zero-order chi connectivity index (χ0) is 20.4. The molecule has 1 fully saturated rings. The molecule has 10 heteroatoms. The highest BCUT2D eigenvalue weighted by Crippen LogP contribution is 2.32. The van der Waals surface area contributed by atoms with E-state index in [1.54, 1.807) is 0 Å². The number of rotatable bonds is 7. The summed E-state index contributed by atoms with van der Waals surface area (Å²) in [5, 5.41) is 32.8. The minimum Gasteiger partial charge on any atom is -0.491 e. The van der Waals surface area contributed by atoms with E-state index in [9.17, 15) is 15.3 Å². The second-order valence-corrected chi connectivity index (χ2v) is 6.94. The van der Waals surface area contributed by atoms with Crippen molar-refractivity contribution in [2.24, 2.45) is 0 Å². The number of anilines is 1. The van der Waals surface area contributed by atoms with Crippen LogP contribution in [0.4, 0.5) is 5.82 Å². The number of aromatic nitrogens is 4. The van der Waals surface area contributed by atoms with E-state index in [1.807, 2.05) is 37.3 Å². The molecule has 5 atom stereocenters. The molecule has 1 aliphatic rings. The summed E-state index contributed by atoms with van der Waals surface area (Å²) in [6, 6.07) is 9.45. The van der Waals surface area contributed by atoms with Crippen LogP contribution in [0.3, 0.4) is 0 Å². The molecule has 0 radical (unpaired) electrons. The molecule has 0 spiro atoms. The molecule has 2 aromatic heterocycles. The van der Waals surface area contributed by atoms with Crippen LogP contribution in [-0.2, 0) is 4.74 Å². The first-order valence-corrected chi connectivity index (χ1v) is 9.33. The number of aliphatic hydroxyl groups is 3. The van der Waals surface area contributed by atoms with Crippen LogP contribution < -0.4 is 10.1 Å². The summed E-state index contributed by atoms with van der Waals surface area (Å²) in [6.07, 6.45) is -1.34. The summed E-state index contributed by atoms with van der Waals surface area (Å²) in [5.41, 5.74) is 0.935. The van der Waals surface area contributed by atoms with Crippen LogP contribution in [0.5, 0.6) is 5.75 Å². The largest absolute Gasteiger partial charge is 0.491 e. The second kappa shape index (κ2) is 8.29. The monoisotopic (exact) mass is 401 g/mol. The molecule has 29 heavy (non-hydrogen) atoms. The van der Waals surface area contributed by atoms with E-state index in [1.165, 1.54) is 17.2 Å². The number of hydrogen-bond acceptors (Lipinski definition) is 9. The maximum Gasteiger partial charge on any atom is 0.167 e. The predicted molar refractivity (Wildman–Crippen MR) is 103 cm³/mol. The van der Waals surface area contributed by atoms with Crippen LogP contribution in [0.2, 0.25) is 0 Å². The lowest BCUT2D eigenvalue weighted by molar-refractivity contribution is -0.0511. The molecule has 154 valence electrons. The molecule has 1 aromatic carbocycles. The Kier molecular flexibility index (Phi) is 5.58. The van der Waals surface area contributed by atoms with Gasteiger partial charge in [-0.15, -0.1) is 0 Å². The molecule has 3 heterocycles. The highest BCUT2D eigenvalue weighted by molar-refractivity contribution is 5.82. The minimum atomic E-state index is -1.21. The number of aliphatic hydroxyl groups excluding tert-OH is 3. The van der Waals surface area contributed by atoms with E-state index in [2.05, 4.69) is 20.3 Å². The maximum absolute atomic E-state index is 10.3. The normalized spacial score (nSPS) is 25.2. The standard InChI is InChI=1S/C19H23N5O5/c1-11(8-28-12-5-3-2-4-6-12)23-17-14-18(21-9-20-17)24(10-22-14)19-16(27)15(26)13(7-25)29-19/h2-6,9-11,13,15-16,19,25-27H,7-8H2,1H3,(H,20,21,23)/t11?,13-,15?,16?,19-/m1/s1. The first-order valence-electron chi connectivity index (χ1n) is 9.33. The van der Waals surface area contributed by atoms with Crippen molar-refractivity contribution in [3.8, 4) is 5.75 Å². The molecule has 10 nitrogen and oxygen atoms in total. The molecule has 0 amide bonds. The molecular weight excluding hydrogens is 378 g/mol. The Balaban J connectivity index is 1.50. The van der Waals surface area contributed by atoms with Crippen LogP contribution >= 0.6 is 0 Å². The Hall–Kier alpha value is -2.79. The molecule has 0 bridgehead atoms. The lowest BCUT2D eigenvalue weighted by Crippen LogP contribution is -2.33. The van der Waals surface area contributed by atoms with E-state index in [4.69, 9.17) is 9.47 Å². The Morgan fingerprint density at radius 3 is 2.69 bits per heavy atom. The van der Waals surface area contributed by atoms with Crippen molar-refractivity contribution in [3.63, 3.8) is 0 Å². The van der Waals surface area contributed by atoms with Gasteiger partial charge in [-0.05, 0) is 19.1 Å². The summed E-state index contributed by atoms with van der Waals surface area (Å²) in [4.78, 5) is 12.8. The van der Waals surface area contributed by atoms with E-state index in [-0.39, 0.29) is 6.04 Å². The van der Waals surface area contributed by atoms with Gasteiger partial charge in [0, 0.05) is 0 Å². The van der Waals surface area contributed by atoms with E-state index in [0.717, 1.165) is 5.75 Å². The molecule has 0 saturated carbocycles. The van der Waals surface area contributed by atoms with Gasteiger partial charge in [0.15, 0.2) is 23.2 Å². The number of para-hydroxylation sites is 1. The predicted octanol–water partition coefficient (Wildman–Crippen LogP) is 0.317. The van der Waals surface area contributed by atoms with Gasteiger partial charge in [-0.2, -0.15) is 0 Å². The molecule has 0 aliphatic carbocycles. The fourth-order valence-corrected chi connectivity index (χ4v) is 3.27. The maximum atomic E-state index is 10.3. The third-order valence-electron chi connectivity index (χ3n) is 4.78. The third-order valence-corrected chi connectivity index (χ3v) is 4.78. The Labute approximate surface area is 166 Å². The minimum absolute atomic E-state index is 0.0626. The van der Waals surface area contributed by atoms with E-state index < -0.39 is 31.1 Å². The zero-order valence-electron chi connectivity index (χ0n) is 15.8. The van der Waals surface area contributed by atoms with Gasteiger partial charge in [0.1, 0.15) is 37.0 Å². The first kappa shape index (κ1) is 19.5. The molecule has 3 unspecified atom stereocenters. The zero-order valence-corrected chi connectivity index (χ0v) is 15.8. The third kappa shape index (κ3) is 3.87. The van der Waals surface area contributed by atoms with E-state index >= 15 is 0 Å². The van der Waals surface area contributed by atoms with Crippen molar-refractivity contribution >= 4 is 17.0 Å². The van der Waals surface area contributed by atoms with Gasteiger partial charge in [-0.3, -0.25) is 4.57 Å². The molecule has 4 rings (SSSR count). The highest BCUT2D eigenvalue weighted by Gasteiger charge is 2.44. The van der Waals surface area contributed by atoms with Gasteiger partial charge in [0.05, 0.1) is 19.0 Å². The number of nitrogens with zero attached hydrogens (tertiary/aromatic N) is 4. The van der Waals surface area contributed by atoms with Crippen molar-refractivity contribution in [1.29, 1.82) is 0 Å². The number of imidazole rings is 1. The van der Waals surface area contributed by atoms with Gasteiger partial charge in [0.25, 0.3) is 0 Å². The molecule has 1 saturated heterocycles. The van der Waals surface area contributed by atoms with Gasteiger partial charge >= 0.3 is 0 Å². The average molecular weight is 401 g/mol. The topological polar surface area (TPSA) is 135 Å². The van der Waals surface area contributed by atoms with Crippen LogP contribution in [-0.4, -0.2) is 72.4 Å². The molecule has 3 aromatic rings. The van der Waals surface area contributed by atoms with Gasteiger partial charge in [-0.1, -0.05) is 18.2 Å². The number of ether oxygens (including phenoxy) is 2. The smallest absolute Gasteiger partial charge is 0.167 e. The van der Waals surface area contributed by atoms with Gasteiger partial charge < -0.3 is 30.1 Å². The Bertz CT molecular complexity index is 953. The van der Waals surface area contributed by atoms with Crippen molar-refractivity contribution in [3.05, 3.63) is 43.0 Å². The summed E-state index contributed by atoms with van der Waals surface area (Å²) in [5.74, 6) is 1.30. The summed E-state index contributed by atoms with van der Waals surface area (Å²) in [7, 11) is 0. The summed E-state index contributed by atoms with van der Waals surface area (Å²) in [6.45, 7) is 1.98. The van der Waals surface area contributed by atoms with Crippen molar-refractivity contribution in [2.75, 3.05) is 18.5 Å². The first-order chi connectivity index (χ1) is 14.1. The van der Waals surface area contributed by atoms with Crippen molar-refractivity contribution < 1.29 is 24.8 Å². The van der Waals surface area contributed by atoms with E-state index in [0.29, 0.717) is 23.6 Å². The second-order valence-electron chi connectivity index (χ2n) is 6.94. The Morgan fingerprint density at radius 1 is 1.17 bits per heavy atom. The summed E-state index contributed by atoms with van der Waals surface area (Å²) < 4.78 is 12.8. The highest BCUT2D eigenvalue weighted by atomic mass is 16.6. The lowest BCUT2D eigenvalue weighted by atomic mass is 10.1. The van der Waals surface area contributed by atoms with Crippen LogP contribution in [0.15, 0.2) is 43.0 Å². The number of benzene rings is 1. The quantitative estimate of drug-likeness (QED) is 0.441. The SMILES string of the molecule is CC(COc1ccccc1)Nc1ncnc2c1ncn2[C@@H]1O[C@H](CO)C(O)C1O. The van der Waals surface area contributed by atoms with Crippen LogP contribution in [0.1, 0.15) is 13.2 Å². The fourth-order valence-electron chi connectivity index (χ4n) is 3.27. The molecule has 4 N–H and O–H groups in total. The number of nitrogens with one attached hydrogen (secondary N) is 1. The lowest BCUT2D eigenvalue weighted by Gasteiger charge is -2.17. The van der Waals surface area contributed by atoms with Crippen molar-refractivity contribution in [1.82, 2.24) is 19.5 Å². The average Bonchev–Trinajstić information content (AvgIpc) is 3.29. The number of hydrogen-bond donors (Lipinski definition) is 4. The molecule has 1 aliphatic heterocycles. The fraction of sp³-hybridized carbons (Fsp3) is 0.421. The molecular formula is C19H23N5O5. The summed E-state index contributed by atoms with van der Waals surface area (Å²) >= 11 is 0. The number of fused-ring (bicyclic) bond motifs is 1. The van der Waals surface area contributed by atoms with Crippen LogP contribution in [0, 0.1) is 0 Å². The van der Waals surface area contributed by atoms with Crippen molar-refractivity contribution in [2.45, 2.75) is 37.5 Å². The van der Waals surface area contributed by atoms with Crippen LogP contribution in [0.25, 0.3) is 11.2 Å².